The largest absolute Gasteiger partial charge is 0.508 e. The lowest BCUT2D eigenvalue weighted by molar-refractivity contribution is -0.133. The van der Waals surface area contributed by atoms with E-state index < -0.39 is 17.3 Å². The van der Waals surface area contributed by atoms with Crippen molar-refractivity contribution in [2.24, 2.45) is 14.1 Å². The van der Waals surface area contributed by atoms with Gasteiger partial charge in [0.2, 0.25) is 5.91 Å². The summed E-state index contributed by atoms with van der Waals surface area (Å²) in [5, 5.41) is 31.7. The van der Waals surface area contributed by atoms with Crippen molar-refractivity contribution in [2.75, 3.05) is 58.1 Å². The molecule has 26 heteroatoms. The maximum Gasteiger partial charge on any atom is 0.410 e. The van der Waals surface area contributed by atoms with Crippen LogP contribution in [0.15, 0.2) is 131 Å². The molecule has 0 bridgehead atoms. The van der Waals surface area contributed by atoms with E-state index in [1.54, 1.807) is 71.3 Å². The summed E-state index contributed by atoms with van der Waals surface area (Å²) in [4.78, 5) is 63.3. The molecule has 21 nitrogen and oxygen atoms in total. The van der Waals surface area contributed by atoms with Crippen molar-refractivity contribution >= 4 is 82.7 Å². The Balaban J connectivity index is 0.000000245. The molecule has 0 aliphatic carbocycles. The summed E-state index contributed by atoms with van der Waals surface area (Å²) in [6.07, 6.45) is 6.95. The predicted octanol–water partition coefficient (Wildman–Crippen LogP) is 11.8. The second kappa shape index (κ2) is 38.9. The van der Waals surface area contributed by atoms with Gasteiger partial charge in [0.05, 0.1) is 31.3 Å². The van der Waals surface area contributed by atoms with E-state index in [0.29, 0.717) is 77.7 Å². The second-order valence-electron chi connectivity index (χ2n) is 23.9. The summed E-state index contributed by atoms with van der Waals surface area (Å²) in [7, 11) is 3.13. The molecule has 0 radical (unpaired) electrons. The number of β-amino-alcohol motifs (C(OH)–C–C–N with tert-alkyl or cyclic N) is 1. The normalized spacial score (nSPS) is 17.7. The van der Waals surface area contributed by atoms with Crippen LogP contribution in [0.5, 0.6) is 23.0 Å². The number of hydrogen-bond acceptors (Lipinski definition) is 16. The van der Waals surface area contributed by atoms with Crippen LogP contribution >= 0.6 is 58.8 Å². The van der Waals surface area contributed by atoms with E-state index in [1.165, 1.54) is 40.0 Å². The maximum atomic E-state index is 12.5. The minimum Gasteiger partial charge on any atom is -0.508 e. The van der Waals surface area contributed by atoms with Gasteiger partial charge in [0, 0.05) is 79.0 Å². The number of anilines is 1. The lowest BCUT2D eigenvalue weighted by Gasteiger charge is -2.34. The Labute approximate surface area is 565 Å². The third kappa shape index (κ3) is 30.6. The summed E-state index contributed by atoms with van der Waals surface area (Å²) in [6, 6.07) is 34.5. The summed E-state index contributed by atoms with van der Waals surface area (Å²) >= 11 is 23.3. The zero-order valence-electron chi connectivity index (χ0n) is 53.5. The van der Waals surface area contributed by atoms with Gasteiger partial charge in [-0.3, -0.25) is 14.4 Å². The van der Waals surface area contributed by atoms with Crippen LogP contribution < -0.4 is 36.4 Å². The Morgan fingerprint density at radius 2 is 0.989 bits per heavy atom. The van der Waals surface area contributed by atoms with Crippen LogP contribution in [0, 0.1) is 0 Å². The van der Waals surface area contributed by atoms with Crippen LogP contribution in [0.3, 0.4) is 0 Å². The number of hydrogen-bond donors (Lipinski definition) is 4. The van der Waals surface area contributed by atoms with Crippen LogP contribution in [0.2, 0.25) is 20.1 Å². The number of aromatic hydroxyl groups is 1. The first-order chi connectivity index (χ1) is 43.1. The van der Waals surface area contributed by atoms with Gasteiger partial charge in [-0.1, -0.05) is 70.7 Å². The molecule has 4 aromatic carbocycles. The number of aliphatic hydroxyl groups is 1. The first-order valence-electron chi connectivity index (χ1n) is 30.2. The van der Waals surface area contributed by atoms with Crippen LogP contribution in [-0.2, 0) is 34.8 Å². The molecule has 504 valence electrons. The molecule has 6 heterocycles. The molecule has 0 spiro atoms. The molecule has 5 N–H and O–H groups in total. The highest BCUT2D eigenvalue weighted by Gasteiger charge is 2.30. The van der Waals surface area contributed by atoms with Crippen molar-refractivity contribution in [1.29, 1.82) is 0 Å². The Bertz CT molecular complexity index is 3340. The highest BCUT2D eigenvalue weighted by atomic mass is 35.5. The van der Waals surface area contributed by atoms with Gasteiger partial charge < -0.3 is 59.6 Å². The number of ether oxygens (including phenoxy) is 5. The molecule has 0 saturated carbocycles. The molecular weight excluding hydrogens is 1290 g/mol. The van der Waals surface area contributed by atoms with Crippen molar-refractivity contribution in [3.63, 3.8) is 0 Å². The molecule has 3 amide bonds. The Morgan fingerprint density at radius 1 is 0.565 bits per heavy atom. The smallest absolute Gasteiger partial charge is 0.410 e. The number of nitrogens with one attached hydrogen (secondary N) is 1. The number of nitrogens with two attached hydrogens (primary N) is 1. The van der Waals surface area contributed by atoms with Crippen molar-refractivity contribution < 1.29 is 48.3 Å². The quantitative estimate of drug-likeness (QED) is 0.110. The van der Waals surface area contributed by atoms with Crippen LogP contribution in [-0.4, -0.2) is 151 Å². The maximum absolute atomic E-state index is 12.5. The van der Waals surface area contributed by atoms with Gasteiger partial charge in [-0.15, -0.1) is 12.4 Å². The molecule has 4 unspecified atom stereocenters. The summed E-state index contributed by atoms with van der Waals surface area (Å²) in [5.41, 5.74) is 4.57. The molecule has 4 aliphatic heterocycles. The average Bonchev–Trinajstić information content (AvgIpc) is 1.14. The molecule has 4 saturated heterocycles. The summed E-state index contributed by atoms with van der Waals surface area (Å²) in [6.45, 7) is 16.8. The van der Waals surface area contributed by atoms with Gasteiger partial charge in [0.15, 0.2) is 0 Å². The summed E-state index contributed by atoms with van der Waals surface area (Å²) < 4.78 is 30.7. The Kier molecular flexibility index (Phi) is 32.8. The van der Waals surface area contributed by atoms with E-state index in [9.17, 15) is 29.1 Å². The van der Waals surface area contributed by atoms with Gasteiger partial charge in [-0.25, -0.2) is 19.0 Å². The number of aromatic nitrogens is 4. The van der Waals surface area contributed by atoms with Crippen molar-refractivity contribution in [3.8, 4) is 23.0 Å². The molecule has 2 aromatic heterocycles. The van der Waals surface area contributed by atoms with Crippen molar-refractivity contribution in [1.82, 2.24) is 39.6 Å². The van der Waals surface area contributed by atoms with Gasteiger partial charge in [-0.05, 0) is 184 Å². The Morgan fingerprint density at radius 3 is 1.40 bits per heavy atom. The van der Waals surface area contributed by atoms with Crippen LogP contribution in [0.1, 0.15) is 98.6 Å². The summed E-state index contributed by atoms with van der Waals surface area (Å²) in [5.74, 6) is 2.87. The number of halogens is 5. The van der Waals surface area contributed by atoms with E-state index in [2.05, 4.69) is 15.5 Å². The molecule has 92 heavy (non-hydrogen) atoms. The lowest BCUT2D eigenvalue weighted by atomic mass is 10.1. The first kappa shape index (κ1) is 77.5. The fourth-order valence-corrected chi connectivity index (χ4v) is 9.99. The van der Waals surface area contributed by atoms with Crippen LogP contribution in [0.25, 0.3) is 0 Å². The number of aliphatic hydroxyl groups excluding tert-OH is 1. The number of carbonyl (C=O) groups is 3. The fourth-order valence-electron chi connectivity index (χ4n) is 9.26. The van der Waals surface area contributed by atoms with E-state index in [1.807, 2.05) is 96.1 Å². The average molecular weight is 1380 g/mol. The van der Waals surface area contributed by atoms with Crippen LogP contribution in [0.4, 0.5) is 15.4 Å². The molecule has 4 fully saturated rings. The number of piperidine rings is 4. The van der Waals surface area contributed by atoms with E-state index in [4.69, 9.17) is 80.9 Å². The number of benzene rings is 4. The third-order valence-electron chi connectivity index (χ3n) is 13.5. The molecule has 6 aromatic rings. The highest BCUT2D eigenvalue weighted by Crippen LogP contribution is 2.26. The molecule has 4 atom stereocenters. The zero-order valence-corrected chi connectivity index (χ0v) is 57.3. The van der Waals surface area contributed by atoms with Crippen molar-refractivity contribution in [2.45, 2.75) is 135 Å². The Hall–Kier alpha value is -6.98. The number of aryl methyl sites for hydroxylation is 2. The standard InChI is InChI=1S/C18H20ClN3O3.C16H22ClNO3.C11H14ClNO.C10H19NO3.C6H5ClO.C5H7N3O.ClH/c1-21-17(23)8-7-14(20-21)11-18(24)22-9-3-6-16(12-22)25-15-5-2-4-13(19)10-15;1-16(2,3)21-15(19)18-9-5-8-14(11-18)20-13-7-4-6-12(17)10-13;12-9-3-1-4-10(7-9)14-11-5-2-6-13-8-11;1-10(2,3)14-9(13)11-6-4-5-8(12)7-11;7-5-2-1-3-6(8)4-5;1-8-5(9)3-2-4(6)7-8;/h2,4-5,7-8,10,16H,3,6,9,11-12H2,1H3;4,6-7,10,14H,5,8-9,11H2,1-3H3;1,3-4,7,11,13H,2,5-6,8H2;8,12H,4-7H2,1-3H3;1-4,8H;2-3H,1H3,(H2,6,7);1H. The number of phenols is 1. The zero-order chi connectivity index (χ0) is 66.7. The van der Waals surface area contributed by atoms with E-state index in [-0.39, 0.29) is 66.0 Å². The highest BCUT2D eigenvalue weighted by molar-refractivity contribution is 6.31. The minimum atomic E-state index is -0.474. The topological polar surface area (TPSA) is 255 Å². The lowest BCUT2D eigenvalue weighted by Crippen LogP contribution is -2.46. The van der Waals surface area contributed by atoms with Crippen molar-refractivity contribution in [3.05, 3.63) is 168 Å². The monoisotopic (exact) mass is 1370 g/mol. The number of carbonyl (C=O) groups excluding carboxylic acids is 3. The molecule has 10 rings (SSSR count). The van der Waals surface area contributed by atoms with E-state index >= 15 is 0 Å². The number of phenolic OH excluding ortho intramolecular Hbond substituents is 1. The number of amides is 3. The van der Waals surface area contributed by atoms with Gasteiger partial charge >= 0.3 is 12.2 Å². The van der Waals surface area contributed by atoms with Gasteiger partial charge in [0.1, 0.15) is 58.3 Å². The molecule has 4 aliphatic rings. The fraction of sp³-hybridized carbons (Fsp3) is 0.470. The first-order valence-corrected chi connectivity index (χ1v) is 31.7. The molecular formula is C66H88Cl5N9O12. The minimum absolute atomic E-state index is 0. The predicted molar refractivity (Wildman–Crippen MR) is 363 cm³/mol. The van der Waals surface area contributed by atoms with Gasteiger partial charge in [0.25, 0.3) is 11.1 Å². The van der Waals surface area contributed by atoms with E-state index in [0.717, 1.165) is 74.6 Å². The number of likely N-dealkylation sites (tertiary alicyclic amines) is 3. The van der Waals surface area contributed by atoms with Gasteiger partial charge in [-0.2, -0.15) is 10.2 Å². The second-order valence-corrected chi connectivity index (χ2v) is 25.6. The number of nitrogens with zero attached hydrogens (tertiary/aromatic N) is 7. The number of rotatable bonds is 8. The number of nitrogen functional groups attached to an aromatic ring is 1. The third-order valence-corrected chi connectivity index (χ3v) is 14.4. The SMILES string of the molecule is CC(C)(C)OC(=O)N1CCCC(O)C1.CC(C)(C)OC(=O)N1CCCC(Oc2cccc(Cl)c2)C1.Cl.Clc1cccc(OC2CCCNC2)c1.Cn1nc(CC(=O)N2CCCC(Oc3cccc(Cl)c3)C2)ccc1=O.Cn1nc(N)ccc1=O.Oc1cccc(Cl)c1.